The molecule has 1 saturated heterocycles. The lowest BCUT2D eigenvalue weighted by Gasteiger charge is -2.22. The lowest BCUT2D eigenvalue weighted by Crippen LogP contribution is -2.28. The molecule has 3 nitrogen and oxygen atoms in total. The molecule has 2 aromatic rings. The van der Waals surface area contributed by atoms with Gasteiger partial charge in [0.1, 0.15) is 0 Å². The van der Waals surface area contributed by atoms with Crippen LogP contribution in [0.1, 0.15) is 24.9 Å². The van der Waals surface area contributed by atoms with Crippen LogP contribution < -0.4 is 5.32 Å². The van der Waals surface area contributed by atoms with Crippen LogP contribution in [0, 0.1) is 0 Å². The van der Waals surface area contributed by atoms with Crippen molar-refractivity contribution in [3.8, 4) is 0 Å². The normalized spacial score (nSPS) is 20.0. The van der Waals surface area contributed by atoms with Crippen LogP contribution in [0.4, 0.5) is 0 Å². The molecule has 2 atom stereocenters. The Kier molecular flexibility index (Phi) is 4.86. The van der Waals surface area contributed by atoms with E-state index in [1.54, 1.807) is 0 Å². The molecule has 0 aliphatic carbocycles. The zero-order valence-electron chi connectivity index (χ0n) is 12.5. The minimum Gasteiger partial charge on any atom is -0.379 e. The molecule has 1 aliphatic heterocycles. The standard InChI is InChI=1S/C18H23NO2/c1-2-19-18(13-21-15-10-11-20-12-15)17-9-5-7-14-6-3-4-8-16(14)17/h3-9,15,18-19H,2,10-13H2,1H3. The number of rotatable bonds is 6. The van der Waals surface area contributed by atoms with Gasteiger partial charge in [-0.3, -0.25) is 0 Å². The molecule has 1 aliphatic rings. The summed E-state index contributed by atoms with van der Waals surface area (Å²) in [6.07, 6.45) is 1.26. The van der Waals surface area contributed by atoms with Gasteiger partial charge in [0.2, 0.25) is 0 Å². The van der Waals surface area contributed by atoms with Gasteiger partial charge in [-0.1, -0.05) is 49.4 Å². The molecule has 1 heterocycles. The fourth-order valence-electron chi connectivity index (χ4n) is 2.94. The average molecular weight is 285 g/mol. The largest absolute Gasteiger partial charge is 0.379 e. The van der Waals surface area contributed by atoms with Gasteiger partial charge in [0.15, 0.2) is 0 Å². The summed E-state index contributed by atoms with van der Waals surface area (Å²) in [6.45, 7) is 5.31. The van der Waals surface area contributed by atoms with Crippen molar-refractivity contribution >= 4 is 10.8 Å². The van der Waals surface area contributed by atoms with Crippen LogP contribution in [0.25, 0.3) is 10.8 Å². The van der Waals surface area contributed by atoms with Crippen LogP contribution >= 0.6 is 0 Å². The average Bonchev–Trinajstić information content (AvgIpc) is 3.04. The fraction of sp³-hybridized carbons (Fsp3) is 0.444. The van der Waals surface area contributed by atoms with Crippen molar-refractivity contribution < 1.29 is 9.47 Å². The Morgan fingerprint density at radius 2 is 2.10 bits per heavy atom. The SMILES string of the molecule is CCNC(COC1CCOC1)c1cccc2ccccc12. The third-order valence-corrected chi connectivity index (χ3v) is 4.04. The summed E-state index contributed by atoms with van der Waals surface area (Å²) in [7, 11) is 0. The van der Waals surface area contributed by atoms with Crippen molar-refractivity contribution in [2.45, 2.75) is 25.5 Å². The van der Waals surface area contributed by atoms with E-state index in [1.807, 2.05) is 0 Å². The second-order valence-corrected chi connectivity index (χ2v) is 5.50. The molecular formula is C18H23NO2. The smallest absolute Gasteiger partial charge is 0.0831 e. The first-order chi connectivity index (χ1) is 10.4. The van der Waals surface area contributed by atoms with Gasteiger partial charge in [-0.15, -0.1) is 0 Å². The summed E-state index contributed by atoms with van der Waals surface area (Å²) in [5.74, 6) is 0. The van der Waals surface area contributed by atoms with Crippen molar-refractivity contribution in [2.75, 3.05) is 26.4 Å². The molecule has 0 bridgehead atoms. The Morgan fingerprint density at radius 1 is 1.24 bits per heavy atom. The van der Waals surface area contributed by atoms with Crippen LogP contribution in [0.2, 0.25) is 0 Å². The molecular weight excluding hydrogens is 262 g/mol. The minimum absolute atomic E-state index is 0.224. The van der Waals surface area contributed by atoms with Gasteiger partial charge in [0.25, 0.3) is 0 Å². The summed E-state index contributed by atoms with van der Waals surface area (Å²) in [5, 5.41) is 6.13. The molecule has 0 amide bonds. The number of benzene rings is 2. The lowest BCUT2D eigenvalue weighted by molar-refractivity contribution is 0.0301. The highest BCUT2D eigenvalue weighted by Crippen LogP contribution is 2.25. The zero-order chi connectivity index (χ0) is 14.5. The summed E-state index contributed by atoms with van der Waals surface area (Å²) in [6, 6.07) is 15.2. The maximum atomic E-state index is 6.03. The van der Waals surface area contributed by atoms with Gasteiger partial charge in [0, 0.05) is 6.61 Å². The van der Waals surface area contributed by atoms with E-state index in [-0.39, 0.29) is 12.1 Å². The van der Waals surface area contributed by atoms with Crippen LogP contribution in [0.15, 0.2) is 42.5 Å². The number of likely N-dealkylation sites (N-methyl/N-ethyl adjacent to an activating group) is 1. The molecule has 2 aromatic carbocycles. The van der Waals surface area contributed by atoms with Crippen LogP contribution in [-0.4, -0.2) is 32.5 Å². The first kappa shape index (κ1) is 14.5. The number of hydrogen-bond donors (Lipinski definition) is 1. The van der Waals surface area contributed by atoms with Crippen LogP contribution in [0.5, 0.6) is 0 Å². The summed E-state index contributed by atoms with van der Waals surface area (Å²) < 4.78 is 11.4. The highest BCUT2D eigenvalue weighted by atomic mass is 16.5. The van der Waals surface area contributed by atoms with Crippen LogP contribution in [0.3, 0.4) is 0 Å². The number of fused-ring (bicyclic) bond motifs is 1. The molecule has 0 aromatic heterocycles. The molecule has 21 heavy (non-hydrogen) atoms. The molecule has 3 heteroatoms. The Hall–Kier alpha value is -1.42. The van der Waals surface area contributed by atoms with Crippen molar-refractivity contribution in [1.82, 2.24) is 5.32 Å². The lowest BCUT2D eigenvalue weighted by atomic mass is 9.99. The molecule has 112 valence electrons. The minimum atomic E-state index is 0.224. The Bertz CT molecular complexity index is 573. The van der Waals surface area contributed by atoms with Crippen molar-refractivity contribution in [3.63, 3.8) is 0 Å². The van der Waals surface area contributed by atoms with E-state index in [1.165, 1.54) is 16.3 Å². The fourth-order valence-corrected chi connectivity index (χ4v) is 2.94. The van der Waals surface area contributed by atoms with Crippen molar-refractivity contribution in [2.24, 2.45) is 0 Å². The van der Waals surface area contributed by atoms with E-state index >= 15 is 0 Å². The summed E-state index contributed by atoms with van der Waals surface area (Å²) in [5.41, 5.74) is 1.31. The molecule has 3 rings (SSSR count). The van der Waals surface area contributed by atoms with Crippen LogP contribution in [-0.2, 0) is 9.47 Å². The van der Waals surface area contributed by atoms with E-state index < -0.39 is 0 Å². The zero-order valence-corrected chi connectivity index (χ0v) is 12.5. The third-order valence-electron chi connectivity index (χ3n) is 4.04. The van der Waals surface area contributed by atoms with Gasteiger partial charge < -0.3 is 14.8 Å². The van der Waals surface area contributed by atoms with E-state index in [4.69, 9.17) is 9.47 Å². The van der Waals surface area contributed by atoms with Crippen molar-refractivity contribution in [3.05, 3.63) is 48.0 Å². The van der Waals surface area contributed by atoms with E-state index in [0.717, 1.165) is 26.2 Å². The number of hydrogen-bond acceptors (Lipinski definition) is 3. The second-order valence-electron chi connectivity index (χ2n) is 5.50. The predicted molar refractivity (Wildman–Crippen MR) is 85.5 cm³/mol. The molecule has 0 radical (unpaired) electrons. The third kappa shape index (κ3) is 3.43. The highest BCUT2D eigenvalue weighted by molar-refractivity contribution is 5.86. The second kappa shape index (κ2) is 7.03. The maximum Gasteiger partial charge on any atom is 0.0831 e. The van der Waals surface area contributed by atoms with E-state index in [2.05, 4.69) is 54.7 Å². The van der Waals surface area contributed by atoms with E-state index in [0.29, 0.717) is 6.61 Å². The Balaban J connectivity index is 1.80. The Labute approximate surface area is 126 Å². The number of nitrogens with one attached hydrogen (secondary N) is 1. The monoisotopic (exact) mass is 285 g/mol. The van der Waals surface area contributed by atoms with Gasteiger partial charge in [-0.05, 0) is 29.3 Å². The first-order valence-electron chi connectivity index (χ1n) is 7.79. The van der Waals surface area contributed by atoms with Gasteiger partial charge in [0.05, 0.1) is 25.4 Å². The molecule has 0 spiro atoms. The topological polar surface area (TPSA) is 30.5 Å². The van der Waals surface area contributed by atoms with Gasteiger partial charge >= 0.3 is 0 Å². The maximum absolute atomic E-state index is 6.03. The molecule has 2 unspecified atom stereocenters. The molecule has 1 N–H and O–H groups in total. The molecule has 0 saturated carbocycles. The predicted octanol–water partition coefficient (Wildman–Crippen LogP) is 3.30. The summed E-state index contributed by atoms with van der Waals surface area (Å²) in [4.78, 5) is 0. The van der Waals surface area contributed by atoms with Crippen molar-refractivity contribution in [1.29, 1.82) is 0 Å². The van der Waals surface area contributed by atoms with Gasteiger partial charge in [-0.2, -0.15) is 0 Å². The summed E-state index contributed by atoms with van der Waals surface area (Å²) >= 11 is 0. The molecule has 1 fully saturated rings. The highest BCUT2D eigenvalue weighted by Gasteiger charge is 2.19. The van der Waals surface area contributed by atoms with E-state index in [9.17, 15) is 0 Å². The number of ether oxygens (including phenoxy) is 2. The first-order valence-corrected chi connectivity index (χ1v) is 7.79. The Morgan fingerprint density at radius 3 is 2.90 bits per heavy atom. The quantitative estimate of drug-likeness (QED) is 0.883. The van der Waals surface area contributed by atoms with Gasteiger partial charge in [-0.25, -0.2) is 0 Å².